The molecular formula is C22H26ClN3O4. The van der Waals surface area contributed by atoms with Crippen molar-refractivity contribution in [2.45, 2.75) is 39.3 Å². The molecule has 0 bridgehead atoms. The fourth-order valence-corrected chi connectivity index (χ4v) is 4.50. The quantitative estimate of drug-likeness (QED) is 0.536. The number of aromatic nitrogens is 1. The molecule has 3 amide bonds. The molecule has 1 fully saturated rings. The third-order valence-corrected chi connectivity index (χ3v) is 5.95. The zero-order valence-electron chi connectivity index (χ0n) is 17.8. The van der Waals surface area contributed by atoms with E-state index in [2.05, 4.69) is 5.32 Å². The fourth-order valence-electron chi connectivity index (χ4n) is 4.17. The summed E-state index contributed by atoms with van der Waals surface area (Å²) in [6.07, 6.45) is 0. The Balaban J connectivity index is 1.86. The SMILES string of the molecule is COC[C@@H](C)n1c(C)cc(C(=O)CN2C(=O)N[C@](C)(c3ccccc3Cl)C2=O)c1C. The van der Waals surface area contributed by atoms with Crippen LogP contribution in [-0.2, 0) is 15.1 Å². The summed E-state index contributed by atoms with van der Waals surface area (Å²) in [4.78, 5) is 39.7. The van der Waals surface area contributed by atoms with Crippen molar-refractivity contribution in [2.75, 3.05) is 20.3 Å². The van der Waals surface area contributed by atoms with Gasteiger partial charge < -0.3 is 14.6 Å². The number of nitrogens with one attached hydrogen (secondary N) is 1. The van der Waals surface area contributed by atoms with Gasteiger partial charge in [0.15, 0.2) is 5.78 Å². The van der Waals surface area contributed by atoms with Crippen LogP contribution in [0.3, 0.4) is 0 Å². The van der Waals surface area contributed by atoms with Crippen molar-refractivity contribution in [3.63, 3.8) is 0 Å². The van der Waals surface area contributed by atoms with Gasteiger partial charge in [0.25, 0.3) is 5.91 Å². The normalized spacial score (nSPS) is 19.9. The zero-order valence-corrected chi connectivity index (χ0v) is 18.5. The molecule has 8 heteroatoms. The first kappa shape index (κ1) is 22.1. The van der Waals surface area contributed by atoms with E-state index < -0.39 is 17.5 Å². The number of carbonyl (C=O) groups excluding carboxylic acids is 3. The molecule has 0 spiro atoms. The Kier molecular flexibility index (Phi) is 6.06. The lowest BCUT2D eigenvalue weighted by atomic mass is 9.92. The Morgan fingerprint density at radius 2 is 1.93 bits per heavy atom. The molecule has 160 valence electrons. The van der Waals surface area contributed by atoms with E-state index >= 15 is 0 Å². The second kappa shape index (κ2) is 8.24. The topological polar surface area (TPSA) is 80.6 Å². The van der Waals surface area contributed by atoms with E-state index in [0.717, 1.165) is 16.3 Å². The minimum Gasteiger partial charge on any atom is -0.383 e. The Labute approximate surface area is 180 Å². The number of urea groups is 1. The van der Waals surface area contributed by atoms with Crippen LogP contribution in [0, 0.1) is 13.8 Å². The molecule has 1 saturated heterocycles. The molecule has 0 saturated carbocycles. The van der Waals surface area contributed by atoms with Crippen LogP contribution in [0.15, 0.2) is 30.3 Å². The first-order valence-electron chi connectivity index (χ1n) is 9.71. The summed E-state index contributed by atoms with van der Waals surface area (Å²) in [5.41, 5.74) is 1.36. The number of methoxy groups -OCH3 is 1. The molecule has 0 aliphatic carbocycles. The summed E-state index contributed by atoms with van der Waals surface area (Å²) in [7, 11) is 1.63. The van der Waals surface area contributed by atoms with Crippen molar-refractivity contribution in [3.05, 3.63) is 57.9 Å². The standard InChI is InChI=1S/C22H26ClN3O4/c1-13-10-16(15(3)26(13)14(2)12-30-5)19(27)11-25-20(28)22(4,24-21(25)29)17-8-6-7-9-18(17)23/h6-10,14H,11-12H2,1-5H3,(H,24,29)/t14-,22-/m1/s1. The first-order valence-corrected chi connectivity index (χ1v) is 10.1. The molecule has 2 aromatic rings. The van der Waals surface area contributed by atoms with Crippen LogP contribution >= 0.6 is 11.6 Å². The lowest BCUT2D eigenvalue weighted by Gasteiger charge is -2.23. The highest BCUT2D eigenvalue weighted by atomic mass is 35.5. The summed E-state index contributed by atoms with van der Waals surface area (Å²) in [5.74, 6) is -0.804. The van der Waals surface area contributed by atoms with Crippen molar-refractivity contribution in [1.29, 1.82) is 0 Å². The monoisotopic (exact) mass is 431 g/mol. The summed E-state index contributed by atoms with van der Waals surface area (Å²) >= 11 is 6.25. The number of halogens is 1. The average molecular weight is 432 g/mol. The van der Waals surface area contributed by atoms with E-state index in [1.54, 1.807) is 44.4 Å². The van der Waals surface area contributed by atoms with Crippen LogP contribution in [-0.4, -0.2) is 47.4 Å². The Bertz CT molecular complexity index is 1020. The molecule has 2 heterocycles. The van der Waals surface area contributed by atoms with Crippen molar-refractivity contribution in [2.24, 2.45) is 0 Å². The average Bonchev–Trinajstić information content (AvgIpc) is 3.10. The molecule has 0 radical (unpaired) electrons. The second-order valence-electron chi connectivity index (χ2n) is 7.81. The van der Waals surface area contributed by atoms with Gasteiger partial charge in [-0.15, -0.1) is 0 Å². The molecule has 7 nitrogen and oxygen atoms in total. The number of hydrogen-bond donors (Lipinski definition) is 1. The van der Waals surface area contributed by atoms with Crippen molar-refractivity contribution in [1.82, 2.24) is 14.8 Å². The van der Waals surface area contributed by atoms with E-state index in [1.807, 2.05) is 25.3 Å². The zero-order chi connectivity index (χ0) is 22.2. The molecular weight excluding hydrogens is 406 g/mol. The number of imide groups is 1. The van der Waals surface area contributed by atoms with Gasteiger partial charge in [0.1, 0.15) is 5.54 Å². The van der Waals surface area contributed by atoms with Crippen LogP contribution in [0.5, 0.6) is 0 Å². The largest absolute Gasteiger partial charge is 0.383 e. The minimum absolute atomic E-state index is 0.0526. The Hall–Kier alpha value is -2.64. The third-order valence-electron chi connectivity index (χ3n) is 5.62. The smallest absolute Gasteiger partial charge is 0.325 e. The molecule has 1 aromatic heterocycles. The van der Waals surface area contributed by atoms with Gasteiger partial charge in [0.2, 0.25) is 0 Å². The van der Waals surface area contributed by atoms with Gasteiger partial charge in [-0.2, -0.15) is 0 Å². The molecule has 2 atom stereocenters. The van der Waals surface area contributed by atoms with E-state index in [0.29, 0.717) is 22.8 Å². The highest BCUT2D eigenvalue weighted by Crippen LogP contribution is 2.33. The number of carbonyl (C=O) groups is 3. The van der Waals surface area contributed by atoms with Gasteiger partial charge in [-0.05, 0) is 39.8 Å². The predicted molar refractivity (Wildman–Crippen MR) is 114 cm³/mol. The Morgan fingerprint density at radius 1 is 1.27 bits per heavy atom. The van der Waals surface area contributed by atoms with Crippen LogP contribution in [0.1, 0.15) is 47.2 Å². The van der Waals surface area contributed by atoms with Crippen LogP contribution in [0.4, 0.5) is 4.79 Å². The molecule has 1 aromatic carbocycles. The molecule has 1 N–H and O–H groups in total. The van der Waals surface area contributed by atoms with E-state index in [4.69, 9.17) is 16.3 Å². The number of amides is 3. The lowest BCUT2D eigenvalue weighted by Crippen LogP contribution is -2.41. The van der Waals surface area contributed by atoms with E-state index in [1.165, 1.54) is 0 Å². The maximum atomic E-state index is 13.1. The van der Waals surface area contributed by atoms with Crippen LogP contribution < -0.4 is 5.32 Å². The third kappa shape index (κ3) is 3.63. The molecule has 1 aliphatic rings. The van der Waals surface area contributed by atoms with Crippen molar-refractivity contribution in [3.8, 4) is 0 Å². The number of benzene rings is 1. The molecule has 30 heavy (non-hydrogen) atoms. The van der Waals surface area contributed by atoms with Gasteiger partial charge >= 0.3 is 6.03 Å². The first-order chi connectivity index (χ1) is 14.1. The number of ketones is 1. The van der Waals surface area contributed by atoms with Crippen molar-refractivity contribution >= 4 is 29.3 Å². The molecule has 0 unspecified atom stereocenters. The van der Waals surface area contributed by atoms with Gasteiger partial charge in [-0.3, -0.25) is 14.5 Å². The molecule has 3 rings (SSSR count). The number of ether oxygens (including phenoxy) is 1. The summed E-state index contributed by atoms with van der Waals surface area (Å²) in [5, 5.41) is 3.06. The number of rotatable bonds is 7. The second-order valence-corrected chi connectivity index (χ2v) is 8.22. The maximum Gasteiger partial charge on any atom is 0.325 e. The maximum absolute atomic E-state index is 13.1. The minimum atomic E-state index is -1.32. The van der Waals surface area contributed by atoms with Crippen LogP contribution in [0.25, 0.3) is 0 Å². The summed E-state index contributed by atoms with van der Waals surface area (Å²) in [6.45, 7) is 7.53. The van der Waals surface area contributed by atoms with Gasteiger partial charge in [-0.25, -0.2) is 4.79 Å². The highest BCUT2D eigenvalue weighted by Gasteiger charge is 2.50. The highest BCUT2D eigenvalue weighted by molar-refractivity contribution is 6.32. The van der Waals surface area contributed by atoms with Gasteiger partial charge in [0.05, 0.1) is 19.2 Å². The summed E-state index contributed by atoms with van der Waals surface area (Å²) < 4.78 is 7.25. The van der Waals surface area contributed by atoms with Gasteiger partial charge in [-0.1, -0.05) is 29.8 Å². The number of Topliss-reactive ketones (excluding diaryl/α,β-unsaturated/α-hetero) is 1. The Morgan fingerprint density at radius 3 is 2.57 bits per heavy atom. The lowest BCUT2D eigenvalue weighted by molar-refractivity contribution is -0.130. The van der Waals surface area contributed by atoms with Crippen LogP contribution in [0.2, 0.25) is 5.02 Å². The van der Waals surface area contributed by atoms with E-state index in [9.17, 15) is 14.4 Å². The van der Waals surface area contributed by atoms with Crippen molar-refractivity contribution < 1.29 is 19.1 Å². The molecule has 1 aliphatic heterocycles. The fraction of sp³-hybridized carbons (Fsp3) is 0.409. The van der Waals surface area contributed by atoms with E-state index in [-0.39, 0.29) is 18.4 Å². The number of nitrogens with zero attached hydrogens (tertiary/aromatic N) is 2. The number of aryl methyl sites for hydroxylation is 1. The summed E-state index contributed by atoms with van der Waals surface area (Å²) in [6, 6.07) is 8.07. The predicted octanol–water partition coefficient (Wildman–Crippen LogP) is 3.62. The number of hydrogen-bond acceptors (Lipinski definition) is 4. The van der Waals surface area contributed by atoms with Gasteiger partial charge in [0, 0.05) is 34.6 Å².